The topological polar surface area (TPSA) is 53.0 Å². The van der Waals surface area contributed by atoms with Crippen LogP contribution in [0.5, 0.6) is 0 Å². The maximum atomic E-state index is 9.45. The van der Waals surface area contributed by atoms with Gasteiger partial charge in [0.2, 0.25) is 0 Å². The van der Waals surface area contributed by atoms with Gasteiger partial charge in [-0.1, -0.05) is 32.6 Å². The fourth-order valence-corrected chi connectivity index (χ4v) is 1.95. The van der Waals surface area contributed by atoms with E-state index in [9.17, 15) is 5.11 Å². The predicted molar refractivity (Wildman–Crippen MR) is 59.7 cm³/mol. The number of hydrogen-bond donors (Lipinski definition) is 2. The molecule has 1 rings (SSSR count). The summed E-state index contributed by atoms with van der Waals surface area (Å²) in [5.74, 6) is 0. The molecule has 1 saturated heterocycles. The summed E-state index contributed by atoms with van der Waals surface area (Å²) < 4.78 is 5.47. The van der Waals surface area contributed by atoms with Crippen molar-refractivity contribution < 1.29 is 14.9 Å². The maximum absolute atomic E-state index is 9.45. The van der Waals surface area contributed by atoms with Crippen molar-refractivity contribution >= 4 is 0 Å². The van der Waals surface area contributed by atoms with Gasteiger partial charge in [0.15, 0.2) is 0 Å². The number of unbranched alkanes of at least 4 members (excludes halogenated alkanes) is 3. The highest BCUT2D eigenvalue weighted by Gasteiger charge is 2.38. The molecule has 3 heteroatoms. The molecule has 90 valence electrons. The molecule has 0 spiro atoms. The van der Waals surface area contributed by atoms with Gasteiger partial charge in [-0.2, -0.15) is 0 Å². The van der Waals surface area contributed by atoms with Gasteiger partial charge in [-0.05, 0) is 12.8 Å². The molecule has 0 aromatic heterocycles. The summed E-state index contributed by atoms with van der Waals surface area (Å²) in [6.45, 7) is 2.27. The van der Waals surface area contributed by atoms with Crippen LogP contribution in [0.25, 0.3) is 0 Å². The molecule has 1 fully saturated rings. The first-order chi connectivity index (χ1) is 7.27. The monoisotopic (exact) mass is 216 g/mol. The molecule has 1 aliphatic heterocycles. The fourth-order valence-electron chi connectivity index (χ4n) is 1.95. The summed E-state index contributed by atoms with van der Waals surface area (Å²) in [6, 6.07) is 0. The van der Waals surface area contributed by atoms with Gasteiger partial charge in [-0.15, -0.1) is 0 Å². The maximum Gasteiger partial charge on any atom is 0.0866 e. The standard InChI is InChI=1S/C12H24O3/c1-2-3-4-5-6-11-12(15-11)9-10(14)7-8-13/h10-14H,2-9H2,1H3. The highest BCUT2D eigenvalue weighted by atomic mass is 16.6. The number of aliphatic hydroxyl groups is 2. The van der Waals surface area contributed by atoms with E-state index in [1.165, 1.54) is 25.7 Å². The highest BCUT2D eigenvalue weighted by molar-refractivity contribution is 4.86. The summed E-state index contributed by atoms with van der Waals surface area (Å²) in [5.41, 5.74) is 0. The van der Waals surface area contributed by atoms with Crippen LogP contribution in [0.1, 0.15) is 51.9 Å². The van der Waals surface area contributed by atoms with Crippen LogP contribution in [0.2, 0.25) is 0 Å². The predicted octanol–water partition coefficient (Wildman–Crippen LogP) is 1.86. The van der Waals surface area contributed by atoms with Crippen LogP contribution < -0.4 is 0 Å². The van der Waals surface area contributed by atoms with Crippen molar-refractivity contribution in [2.24, 2.45) is 0 Å². The van der Waals surface area contributed by atoms with E-state index in [-0.39, 0.29) is 18.8 Å². The smallest absolute Gasteiger partial charge is 0.0866 e. The van der Waals surface area contributed by atoms with Crippen molar-refractivity contribution in [1.29, 1.82) is 0 Å². The van der Waals surface area contributed by atoms with Crippen LogP contribution in [-0.2, 0) is 4.74 Å². The molecule has 0 saturated carbocycles. The molecule has 1 aliphatic rings. The van der Waals surface area contributed by atoms with Gasteiger partial charge in [0.1, 0.15) is 0 Å². The Balaban J connectivity index is 1.93. The Hall–Kier alpha value is -0.120. The largest absolute Gasteiger partial charge is 0.396 e. The Morgan fingerprint density at radius 1 is 1.20 bits per heavy atom. The Labute approximate surface area is 92.4 Å². The van der Waals surface area contributed by atoms with E-state index < -0.39 is 0 Å². The molecule has 0 radical (unpaired) electrons. The zero-order valence-electron chi connectivity index (χ0n) is 9.69. The average Bonchev–Trinajstić information content (AvgIpc) is 2.92. The van der Waals surface area contributed by atoms with Gasteiger partial charge in [0.25, 0.3) is 0 Å². The molecule has 0 aromatic rings. The SMILES string of the molecule is CCCCCCC1OC1CC(O)CCO. The fraction of sp³-hybridized carbons (Fsp3) is 1.00. The molecule has 0 aliphatic carbocycles. The molecule has 3 unspecified atom stereocenters. The van der Waals surface area contributed by atoms with Gasteiger partial charge in [-0.25, -0.2) is 0 Å². The highest BCUT2D eigenvalue weighted by Crippen LogP contribution is 2.31. The van der Waals surface area contributed by atoms with E-state index in [1.54, 1.807) is 0 Å². The Bertz CT molecular complexity index is 161. The molecular weight excluding hydrogens is 192 g/mol. The van der Waals surface area contributed by atoms with E-state index in [4.69, 9.17) is 9.84 Å². The minimum Gasteiger partial charge on any atom is -0.396 e. The summed E-state index contributed by atoms with van der Waals surface area (Å²) in [6.07, 6.45) is 7.67. The van der Waals surface area contributed by atoms with Gasteiger partial charge in [-0.3, -0.25) is 0 Å². The second kappa shape index (κ2) is 7.20. The third-order valence-corrected chi connectivity index (χ3v) is 3.00. The molecule has 3 nitrogen and oxygen atoms in total. The van der Waals surface area contributed by atoms with Crippen LogP contribution in [0.4, 0.5) is 0 Å². The normalized spacial score (nSPS) is 26.6. The lowest BCUT2D eigenvalue weighted by molar-refractivity contribution is 0.116. The van der Waals surface area contributed by atoms with E-state index in [0.29, 0.717) is 18.9 Å². The zero-order valence-corrected chi connectivity index (χ0v) is 9.69. The van der Waals surface area contributed by atoms with Gasteiger partial charge < -0.3 is 14.9 Å². The van der Waals surface area contributed by atoms with Crippen molar-refractivity contribution in [2.75, 3.05) is 6.61 Å². The first-order valence-corrected chi connectivity index (χ1v) is 6.22. The molecular formula is C12H24O3. The molecule has 0 aromatic carbocycles. The van der Waals surface area contributed by atoms with E-state index >= 15 is 0 Å². The van der Waals surface area contributed by atoms with Crippen molar-refractivity contribution in [3.63, 3.8) is 0 Å². The van der Waals surface area contributed by atoms with Crippen molar-refractivity contribution in [3.05, 3.63) is 0 Å². The van der Waals surface area contributed by atoms with Crippen LogP contribution in [0.15, 0.2) is 0 Å². The second-order valence-electron chi connectivity index (χ2n) is 4.46. The molecule has 1 heterocycles. The second-order valence-corrected chi connectivity index (χ2v) is 4.46. The van der Waals surface area contributed by atoms with E-state index in [0.717, 1.165) is 6.42 Å². The molecule has 2 N–H and O–H groups in total. The average molecular weight is 216 g/mol. The number of ether oxygens (including phenoxy) is 1. The number of aliphatic hydroxyl groups excluding tert-OH is 2. The molecule has 15 heavy (non-hydrogen) atoms. The van der Waals surface area contributed by atoms with Crippen molar-refractivity contribution in [1.82, 2.24) is 0 Å². The van der Waals surface area contributed by atoms with Gasteiger partial charge >= 0.3 is 0 Å². The van der Waals surface area contributed by atoms with Crippen LogP contribution in [-0.4, -0.2) is 35.1 Å². The van der Waals surface area contributed by atoms with Gasteiger partial charge in [0.05, 0.1) is 18.3 Å². The van der Waals surface area contributed by atoms with Crippen LogP contribution in [0.3, 0.4) is 0 Å². The molecule has 3 atom stereocenters. The molecule has 0 bridgehead atoms. The zero-order chi connectivity index (χ0) is 11.1. The molecule has 0 amide bonds. The quantitative estimate of drug-likeness (QED) is 0.457. The van der Waals surface area contributed by atoms with Crippen LogP contribution >= 0.6 is 0 Å². The van der Waals surface area contributed by atoms with Crippen molar-refractivity contribution in [2.45, 2.75) is 70.2 Å². The minimum atomic E-state index is -0.388. The lowest BCUT2D eigenvalue weighted by Gasteiger charge is -2.05. The van der Waals surface area contributed by atoms with Crippen molar-refractivity contribution in [3.8, 4) is 0 Å². The number of epoxide rings is 1. The number of hydrogen-bond acceptors (Lipinski definition) is 3. The van der Waals surface area contributed by atoms with E-state index in [2.05, 4.69) is 6.92 Å². The summed E-state index contributed by atoms with van der Waals surface area (Å²) >= 11 is 0. The lowest BCUT2D eigenvalue weighted by Crippen LogP contribution is -2.12. The third kappa shape index (κ3) is 5.50. The number of rotatable bonds is 9. The Kier molecular flexibility index (Phi) is 6.22. The summed E-state index contributed by atoms with van der Waals surface area (Å²) in [5, 5.41) is 18.1. The Morgan fingerprint density at radius 3 is 2.67 bits per heavy atom. The lowest BCUT2D eigenvalue weighted by atomic mass is 10.1. The minimum absolute atomic E-state index is 0.0645. The first kappa shape index (κ1) is 12.9. The van der Waals surface area contributed by atoms with Gasteiger partial charge in [0, 0.05) is 13.0 Å². The summed E-state index contributed by atoms with van der Waals surface area (Å²) in [4.78, 5) is 0. The third-order valence-electron chi connectivity index (χ3n) is 3.00. The Morgan fingerprint density at radius 2 is 2.00 bits per heavy atom. The van der Waals surface area contributed by atoms with Crippen LogP contribution in [0, 0.1) is 0 Å². The first-order valence-electron chi connectivity index (χ1n) is 6.22. The van der Waals surface area contributed by atoms with E-state index in [1.807, 2.05) is 0 Å². The summed E-state index contributed by atoms with van der Waals surface area (Å²) in [7, 11) is 0.